The van der Waals surface area contributed by atoms with Crippen LogP contribution in [0.1, 0.15) is 69.3 Å². The number of carbonyl (C=O) groups is 2. The Morgan fingerprint density at radius 2 is 1.84 bits per heavy atom. The van der Waals surface area contributed by atoms with E-state index in [2.05, 4.69) is 10.3 Å². The summed E-state index contributed by atoms with van der Waals surface area (Å²) in [7, 11) is 0. The van der Waals surface area contributed by atoms with Crippen LogP contribution in [-0.2, 0) is 4.79 Å². The maximum Gasteiger partial charge on any atom is 0.273 e. The Labute approximate surface area is 194 Å². The Balaban J connectivity index is 1.36. The van der Waals surface area contributed by atoms with E-state index in [4.69, 9.17) is 4.74 Å². The second-order valence-electron chi connectivity index (χ2n) is 9.16. The molecule has 2 fully saturated rings. The molecule has 2 heterocycles. The summed E-state index contributed by atoms with van der Waals surface area (Å²) in [5, 5.41) is 5.86. The van der Waals surface area contributed by atoms with Crippen molar-refractivity contribution in [1.82, 2.24) is 15.2 Å². The number of aromatic nitrogens is 1. The molecule has 0 bridgehead atoms. The minimum atomic E-state index is -0.124. The van der Waals surface area contributed by atoms with Crippen molar-refractivity contribution in [2.45, 2.75) is 70.9 Å². The summed E-state index contributed by atoms with van der Waals surface area (Å²) >= 11 is 1.47. The summed E-state index contributed by atoms with van der Waals surface area (Å²) < 4.78 is 5.69. The molecule has 2 amide bonds. The zero-order valence-corrected chi connectivity index (χ0v) is 19.8. The summed E-state index contributed by atoms with van der Waals surface area (Å²) in [5.74, 6) is 0.725. The first kappa shape index (κ1) is 22.8. The Morgan fingerprint density at radius 1 is 1.09 bits per heavy atom. The molecule has 7 heteroatoms. The van der Waals surface area contributed by atoms with Gasteiger partial charge in [0.2, 0.25) is 5.91 Å². The van der Waals surface area contributed by atoms with Gasteiger partial charge in [0.15, 0.2) is 0 Å². The smallest absolute Gasteiger partial charge is 0.273 e. The predicted octanol–water partition coefficient (Wildman–Crippen LogP) is 4.90. The molecule has 1 saturated heterocycles. The van der Waals surface area contributed by atoms with Crippen LogP contribution in [0.25, 0.3) is 10.6 Å². The van der Waals surface area contributed by atoms with Gasteiger partial charge in [-0.15, -0.1) is 11.3 Å². The molecule has 1 aromatic heterocycles. The van der Waals surface area contributed by atoms with Crippen LogP contribution in [0.4, 0.5) is 0 Å². The lowest BCUT2D eigenvalue weighted by atomic mass is 9.93. The van der Waals surface area contributed by atoms with Crippen LogP contribution in [0.15, 0.2) is 29.6 Å². The number of rotatable bonds is 6. The monoisotopic (exact) mass is 455 g/mol. The number of piperidine rings is 1. The number of amides is 2. The minimum absolute atomic E-state index is 0.0811. The fourth-order valence-electron chi connectivity index (χ4n) is 4.56. The number of thiazole rings is 1. The second kappa shape index (κ2) is 10.5. The molecule has 2 aromatic rings. The Kier molecular flexibility index (Phi) is 7.45. The van der Waals surface area contributed by atoms with Gasteiger partial charge in [-0.1, -0.05) is 19.3 Å². The first-order valence-corrected chi connectivity index (χ1v) is 12.7. The molecule has 32 heavy (non-hydrogen) atoms. The van der Waals surface area contributed by atoms with E-state index < -0.39 is 0 Å². The third kappa shape index (κ3) is 5.68. The fraction of sp³-hybridized carbons (Fsp3) is 0.560. The lowest BCUT2D eigenvalue weighted by molar-refractivity contribution is -0.127. The van der Waals surface area contributed by atoms with E-state index in [1.165, 1.54) is 30.6 Å². The fourth-order valence-corrected chi connectivity index (χ4v) is 5.36. The number of likely N-dealkylation sites (tertiary alicyclic amines) is 1. The van der Waals surface area contributed by atoms with Gasteiger partial charge in [0, 0.05) is 30.1 Å². The Morgan fingerprint density at radius 3 is 2.56 bits per heavy atom. The highest BCUT2D eigenvalue weighted by Gasteiger charge is 2.31. The van der Waals surface area contributed by atoms with Crippen molar-refractivity contribution < 1.29 is 14.3 Å². The quantitative estimate of drug-likeness (QED) is 0.673. The van der Waals surface area contributed by atoms with E-state index in [1.54, 1.807) is 4.90 Å². The average Bonchev–Trinajstić information content (AvgIpc) is 3.30. The summed E-state index contributed by atoms with van der Waals surface area (Å²) in [6, 6.07) is 8.10. The molecular weight excluding hydrogens is 422 g/mol. The van der Waals surface area contributed by atoms with E-state index in [0.717, 1.165) is 42.0 Å². The minimum Gasteiger partial charge on any atom is -0.491 e. The number of ether oxygens (including phenoxy) is 1. The normalized spacial score (nSPS) is 19.7. The molecule has 1 aromatic carbocycles. The molecule has 4 rings (SSSR count). The highest BCUT2D eigenvalue weighted by molar-refractivity contribution is 7.13. The van der Waals surface area contributed by atoms with E-state index in [9.17, 15) is 9.59 Å². The third-order valence-electron chi connectivity index (χ3n) is 6.23. The summed E-state index contributed by atoms with van der Waals surface area (Å²) in [5.41, 5.74) is 1.43. The largest absolute Gasteiger partial charge is 0.491 e. The predicted molar refractivity (Wildman–Crippen MR) is 127 cm³/mol. The van der Waals surface area contributed by atoms with Gasteiger partial charge in [-0.05, 0) is 63.8 Å². The Bertz CT molecular complexity index is 919. The van der Waals surface area contributed by atoms with Gasteiger partial charge in [0.1, 0.15) is 16.5 Å². The van der Waals surface area contributed by atoms with Gasteiger partial charge in [-0.2, -0.15) is 0 Å². The molecule has 2 aliphatic rings. The topological polar surface area (TPSA) is 71.5 Å². The zero-order valence-electron chi connectivity index (χ0n) is 19.0. The molecule has 172 valence electrons. The molecule has 1 atom stereocenters. The molecule has 1 aliphatic carbocycles. The first-order chi connectivity index (χ1) is 15.5. The van der Waals surface area contributed by atoms with Crippen molar-refractivity contribution in [1.29, 1.82) is 0 Å². The second-order valence-corrected chi connectivity index (χ2v) is 10.0. The van der Waals surface area contributed by atoms with Crippen LogP contribution in [0, 0.1) is 5.92 Å². The van der Waals surface area contributed by atoms with Crippen molar-refractivity contribution in [2.24, 2.45) is 5.92 Å². The third-order valence-corrected chi connectivity index (χ3v) is 7.12. The summed E-state index contributed by atoms with van der Waals surface area (Å²) in [6.45, 7) is 5.15. The first-order valence-electron chi connectivity index (χ1n) is 11.8. The zero-order chi connectivity index (χ0) is 22.5. The van der Waals surface area contributed by atoms with Crippen LogP contribution in [0.3, 0.4) is 0 Å². The van der Waals surface area contributed by atoms with Gasteiger partial charge < -0.3 is 15.0 Å². The van der Waals surface area contributed by atoms with Crippen molar-refractivity contribution in [3.05, 3.63) is 35.3 Å². The number of hydrogen-bond acceptors (Lipinski definition) is 5. The van der Waals surface area contributed by atoms with Gasteiger partial charge in [-0.3, -0.25) is 9.59 Å². The highest BCUT2D eigenvalue weighted by atomic mass is 32.1. The molecule has 1 saturated carbocycles. The van der Waals surface area contributed by atoms with Crippen molar-refractivity contribution >= 4 is 23.2 Å². The van der Waals surface area contributed by atoms with Gasteiger partial charge in [0.25, 0.3) is 5.91 Å². The van der Waals surface area contributed by atoms with Gasteiger partial charge in [-0.25, -0.2) is 4.98 Å². The molecule has 0 radical (unpaired) electrons. The van der Waals surface area contributed by atoms with Crippen LogP contribution >= 0.6 is 11.3 Å². The van der Waals surface area contributed by atoms with Crippen LogP contribution in [-0.4, -0.2) is 46.9 Å². The van der Waals surface area contributed by atoms with Crippen molar-refractivity contribution in [2.75, 3.05) is 13.1 Å². The van der Waals surface area contributed by atoms with E-state index >= 15 is 0 Å². The number of hydrogen-bond donors (Lipinski definition) is 1. The van der Waals surface area contributed by atoms with E-state index in [-0.39, 0.29) is 23.8 Å². The molecule has 6 nitrogen and oxygen atoms in total. The maximum absolute atomic E-state index is 13.1. The van der Waals surface area contributed by atoms with Crippen molar-refractivity contribution in [3.8, 4) is 16.3 Å². The number of nitrogens with zero attached hydrogens (tertiary/aromatic N) is 2. The average molecular weight is 456 g/mol. The van der Waals surface area contributed by atoms with Crippen LogP contribution in [0.5, 0.6) is 5.75 Å². The molecule has 1 aliphatic heterocycles. The molecule has 1 unspecified atom stereocenters. The van der Waals surface area contributed by atoms with Gasteiger partial charge >= 0.3 is 0 Å². The van der Waals surface area contributed by atoms with Crippen LogP contribution < -0.4 is 10.1 Å². The summed E-state index contributed by atoms with van der Waals surface area (Å²) in [6.07, 6.45) is 7.63. The standard InChI is InChI=1S/C25H33N3O3S/c1-17(2)31-21-12-10-18(11-13-21)24-27-22(16-32-24)25(30)28-14-6-7-19(15-28)23(29)26-20-8-4-3-5-9-20/h10-13,16-17,19-20H,3-9,14-15H2,1-2H3,(H,26,29). The highest BCUT2D eigenvalue weighted by Crippen LogP contribution is 2.28. The van der Waals surface area contributed by atoms with Gasteiger partial charge in [0.05, 0.1) is 12.0 Å². The van der Waals surface area contributed by atoms with Crippen LogP contribution in [0.2, 0.25) is 0 Å². The number of carbonyl (C=O) groups excluding carboxylic acids is 2. The lowest BCUT2D eigenvalue weighted by Crippen LogP contribution is -2.48. The molecule has 1 N–H and O–H groups in total. The Hall–Kier alpha value is -2.41. The maximum atomic E-state index is 13.1. The molecular formula is C25H33N3O3S. The SMILES string of the molecule is CC(C)Oc1ccc(-c2nc(C(=O)N3CCCC(C(=O)NC4CCCCC4)C3)cs2)cc1. The van der Waals surface area contributed by atoms with E-state index in [0.29, 0.717) is 24.8 Å². The number of benzene rings is 1. The van der Waals surface area contributed by atoms with Crippen molar-refractivity contribution in [3.63, 3.8) is 0 Å². The summed E-state index contributed by atoms with van der Waals surface area (Å²) in [4.78, 5) is 32.3. The number of nitrogens with one attached hydrogen (secondary N) is 1. The molecule has 0 spiro atoms. The lowest BCUT2D eigenvalue weighted by Gasteiger charge is -2.33. The van der Waals surface area contributed by atoms with E-state index in [1.807, 2.05) is 43.5 Å².